The molecule has 0 aliphatic carbocycles. The summed E-state index contributed by atoms with van der Waals surface area (Å²) in [5.74, 6) is -3.43. The maximum Gasteiger partial charge on any atom is 0.348 e. The topological polar surface area (TPSA) is 105 Å². The Kier molecular flexibility index (Phi) is 6.17. The number of thiophene rings is 1. The maximum atomic E-state index is 13.7. The van der Waals surface area contributed by atoms with E-state index in [-0.39, 0.29) is 31.6 Å². The van der Waals surface area contributed by atoms with Gasteiger partial charge < -0.3 is 19.9 Å². The lowest BCUT2D eigenvalue weighted by atomic mass is 10.1. The van der Waals surface area contributed by atoms with Crippen molar-refractivity contribution in [2.75, 3.05) is 20.0 Å². The highest BCUT2D eigenvalue weighted by Gasteiger charge is 2.28. The van der Waals surface area contributed by atoms with E-state index in [9.17, 15) is 18.8 Å². The Morgan fingerprint density at radius 3 is 2.42 bits per heavy atom. The van der Waals surface area contributed by atoms with Gasteiger partial charge in [0.25, 0.3) is 0 Å². The zero-order valence-corrected chi connectivity index (χ0v) is 15.2. The predicted molar refractivity (Wildman–Crippen MR) is 91.9 cm³/mol. The molecule has 0 atom stereocenters. The highest BCUT2D eigenvalue weighted by molar-refractivity contribution is 7.18. The van der Waals surface area contributed by atoms with Crippen LogP contribution in [0.15, 0.2) is 18.2 Å². The molecule has 0 bridgehead atoms. The van der Waals surface area contributed by atoms with Gasteiger partial charge in [0.05, 0.1) is 19.8 Å². The highest BCUT2D eigenvalue weighted by atomic mass is 35.5. The number of carbonyl (C=O) groups is 3. The molecule has 26 heavy (non-hydrogen) atoms. The van der Waals surface area contributed by atoms with Crippen molar-refractivity contribution in [2.24, 2.45) is 0 Å². The Hall–Kier alpha value is -2.65. The van der Waals surface area contributed by atoms with Gasteiger partial charge in [0.2, 0.25) is 0 Å². The summed E-state index contributed by atoms with van der Waals surface area (Å²) < 4.78 is 28.0. The van der Waals surface area contributed by atoms with Crippen LogP contribution in [0.1, 0.15) is 36.0 Å². The molecule has 10 heteroatoms. The van der Waals surface area contributed by atoms with Gasteiger partial charge in [-0.2, -0.15) is 0 Å². The zero-order chi connectivity index (χ0) is 19.4. The van der Waals surface area contributed by atoms with E-state index >= 15 is 0 Å². The average Bonchev–Trinajstić information content (AvgIpc) is 2.96. The van der Waals surface area contributed by atoms with E-state index in [1.54, 1.807) is 0 Å². The fraction of sp³-hybridized carbons (Fsp3) is 0.188. The average molecular weight is 402 g/mol. The third-order valence-electron chi connectivity index (χ3n) is 3.29. The molecule has 0 amide bonds. The fourth-order valence-electron chi connectivity index (χ4n) is 2.08. The molecule has 0 spiro atoms. The lowest BCUT2D eigenvalue weighted by Crippen LogP contribution is -2.13. The molecule has 0 unspecified atom stereocenters. The number of carbonyl (C=O) groups excluding carboxylic acids is 3. The fourth-order valence-corrected chi connectivity index (χ4v) is 3.23. The summed E-state index contributed by atoms with van der Waals surface area (Å²) in [6.07, 6.45) is 0. The van der Waals surface area contributed by atoms with E-state index in [2.05, 4.69) is 9.47 Å². The number of nitrogens with two attached hydrogens (primary N) is 1. The van der Waals surface area contributed by atoms with Crippen molar-refractivity contribution in [1.29, 1.82) is 0 Å². The van der Waals surface area contributed by atoms with Crippen LogP contribution in [0.4, 0.5) is 9.39 Å². The number of hydrogen-bond donors (Lipinski definition) is 1. The summed E-state index contributed by atoms with van der Waals surface area (Å²) >= 11 is 6.53. The lowest BCUT2D eigenvalue weighted by Gasteiger charge is -2.08. The van der Waals surface area contributed by atoms with E-state index in [1.165, 1.54) is 6.07 Å². The van der Waals surface area contributed by atoms with Gasteiger partial charge >= 0.3 is 17.9 Å². The quantitative estimate of drug-likeness (QED) is 0.606. The third-order valence-corrected chi connectivity index (χ3v) is 4.57. The first-order valence-corrected chi connectivity index (χ1v) is 8.19. The molecule has 1 aromatic heterocycles. The zero-order valence-electron chi connectivity index (χ0n) is 13.6. The normalized spacial score (nSPS) is 10.3. The van der Waals surface area contributed by atoms with Crippen molar-refractivity contribution in [3.05, 3.63) is 50.6 Å². The Morgan fingerprint density at radius 2 is 1.81 bits per heavy atom. The molecule has 0 saturated carbocycles. The van der Waals surface area contributed by atoms with Gasteiger partial charge in [-0.05, 0) is 18.2 Å². The largest absolute Gasteiger partial charge is 0.465 e. The number of anilines is 1. The van der Waals surface area contributed by atoms with Crippen LogP contribution in [0, 0.1) is 5.82 Å². The van der Waals surface area contributed by atoms with Gasteiger partial charge in [0.1, 0.15) is 27.9 Å². The van der Waals surface area contributed by atoms with E-state index in [1.807, 2.05) is 0 Å². The van der Waals surface area contributed by atoms with Gasteiger partial charge in [-0.3, -0.25) is 0 Å². The molecule has 1 heterocycles. The van der Waals surface area contributed by atoms with Gasteiger partial charge in [-0.15, -0.1) is 11.3 Å². The minimum absolute atomic E-state index is 0.00256. The summed E-state index contributed by atoms with van der Waals surface area (Å²) in [6.45, 7) is -0.520. The SMILES string of the molecule is COC(=O)c1sc(N)c(C(=O)OC)c1COC(=O)c1cc(Cl)ccc1F. The second kappa shape index (κ2) is 8.15. The first-order valence-electron chi connectivity index (χ1n) is 7.00. The van der Waals surface area contributed by atoms with Crippen molar-refractivity contribution in [3.8, 4) is 0 Å². The molecule has 2 aromatic rings. The molecular formula is C16H13ClFNO6S. The van der Waals surface area contributed by atoms with Crippen molar-refractivity contribution in [3.63, 3.8) is 0 Å². The van der Waals surface area contributed by atoms with Crippen LogP contribution in [-0.4, -0.2) is 32.1 Å². The molecule has 0 radical (unpaired) electrons. The van der Waals surface area contributed by atoms with Crippen LogP contribution in [0.2, 0.25) is 5.02 Å². The van der Waals surface area contributed by atoms with Crippen molar-refractivity contribution >= 4 is 45.8 Å². The second-order valence-corrected chi connectivity index (χ2v) is 6.32. The number of methoxy groups -OCH3 is 2. The number of hydrogen-bond acceptors (Lipinski definition) is 8. The molecule has 2 N–H and O–H groups in total. The van der Waals surface area contributed by atoms with Gasteiger partial charge in [0.15, 0.2) is 0 Å². The highest BCUT2D eigenvalue weighted by Crippen LogP contribution is 2.33. The van der Waals surface area contributed by atoms with Crippen LogP contribution >= 0.6 is 22.9 Å². The van der Waals surface area contributed by atoms with Crippen molar-refractivity contribution < 1.29 is 33.0 Å². The monoisotopic (exact) mass is 401 g/mol. The first-order chi connectivity index (χ1) is 12.3. The van der Waals surface area contributed by atoms with E-state index < -0.39 is 30.3 Å². The van der Waals surface area contributed by atoms with E-state index in [4.69, 9.17) is 22.1 Å². The number of benzene rings is 1. The molecule has 0 fully saturated rings. The smallest absolute Gasteiger partial charge is 0.348 e. The number of ether oxygens (including phenoxy) is 3. The molecule has 0 aliphatic heterocycles. The van der Waals surface area contributed by atoms with Crippen LogP contribution in [0.25, 0.3) is 0 Å². The molecular weight excluding hydrogens is 389 g/mol. The standard InChI is InChI=1S/C16H13ClFNO6S/c1-23-15(21)11-9(12(16(22)24-2)26-13(11)19)6-25-14(20)8-5-7(17)3-4-10(8)18/h3-5H,6,19H2,1-2H3. The number of halogens is 2. The summed E-state index contributed by atoms with van der Waals surface area (Å²) in [5.41, 5.74) is 5.28. The summed E-state index contributed by atoms with van der Waals surface area (Å²) in [7, 11) is 2.28. The molecule has 1 aromatic carbocycles. The van der Waals surface area contributed by atoms with Crippen molar-refractivity contribution in [1.82, 2.24) is 0 Å². The molecule has 138 valence electrons. The van der Waals surface area contributed by atoms with Crippen LogP contribution in [-0.2, 0) is 20.8 Å². The lowest BCUT2D eigenvalue weighted by molar-refractivity contribution is 0.0448. The van der Waals surface area contributed by atoms with Crippen LogP contribution in [0.5, 0.6) is 0 Å². The third kappa shape index (κ3) is 3.94. The Bertz CT molecular complexity index is 882. The van der Waals surface area contributed by atoms with E-state index in [0.717, 1.165) is 37.7 Å². The van der Waals surface area contributed by atoms with Gasteiger partial charge in [-0.1, -0.05) is 11.6 Å². The first kappa shape index (κ1) is 19.7. The van der Waals surface area contributed by atoms with Crippen molar-refractivity contribution in [2.45, 2.75) is 6.61 Å². The second-order valence-electron chi connectivity index (χ2n) is 4.83. The predicted octanol–water partition coefficient (Wildman–Crippen LogP) is 3.05. The summed E-state index contributed by atoms with van der Waals surface area (Å²) in [4.78, 5) is 35.9. The molecule has 0 saturated heterocycles. The van der Waals surface area contributed by atoms with Gasteiger partial charge in [-0.25, -0.2) is 18.8 Å². The number of nitrogen functional groups attached to an aromatic ring is 1. The van der Waals surface area contributed by atoms with Gasteiger partial charge in [0, 0.05) is 10.6 Å². The minimum Gasteiger partial charge on any atom is -0.465 e. The molecule has 7 nitrogen and oxygen atoms in total. The summed E-state index contributed by atoms with van der Waals surface area (Å²) in [6, 6.07) is 3.39. The minimum atomic E-state index is -1.03. The number of rotatable bonds is 5. The Labute approximate surface area is 156 Å². The molecule has 2 rings (SSSR count). The van der Waals surface area contributed by atoms with Crippen LogP contribution < -0.4 is 5.73 Å². The maximum absolute atomic E-state index is 13.7. The summed E-state index contributed by atoms with van der Waals surface area (Å²) in [5, 5.41) is 0.140. The molecule has 0 aliphatic rings. The Balaban J connectivity index is 2.35. The van der Waals surface area contributed by atoms with E-state index in [0.29, 0.717) is 0 Å². The number of esters is 3. The van der Waals surface area contributed by atoms with Crippen LogP contribution in [0.3, 0.4) is 0 Å². The Morgan fingerprint density at radius 1 is 1.15 bits per heavy atom.